The van der Waals surface area contributed by atoms with Gasteiger partial charge in [0.2, 0.25) is 5.91 Å². The number of hydrogen-bond donors (Lipinski definition) is 2. The normalized spacial score (nSPS) is 15.9. The standard InChI is InChI=1S/C14H20N4O/c1-16-14(15)17-9-11-4-2-5-12(8-11)10-18-7-3-6-13(18)19/h2,4-5,8H,3,6-7,9-10H2,1H3,(H3,15,16,17). The van der Waals surface area contributed by atoms with Crippen LogP contribution >= 0.6 is 0 Å². The van der Waals surface area contributed by atoms with Crippen LogP contribution in [-0.4, -0.2) is 30.4 Å². The molecule has 1 amide bonds. The summed E-state index contributed by atoms with van der Waals surface area (Å²) in [4.78, 5) is 17.4. The lowest BCUT2D eigenvalue weighted by atomic mass is 10.1. The van der Waals surface area contributed by atoms with Crippen LogP contribution in [0.5, 0.6) is 0 Å². The van der Waals surface area contributed by atoms with Crippen LogP contribution in [-0.2, 0) is 17.9 Å². The first-order valence-electron chi connectivity index (χ1n) is 6.51. The molecule has 3 N–H and O–H groups in total. The highest BCUT2D eigenvalue weighted by molar-refractivity contribution is 5.78. The predicted molar refractivity (Wildman–Crippen MR) is 75.5 cm³/mol. The number of amides is 1. The summed E-state index contributed by atoms with van der Waals surface area (Å²) in [6, 6.07) is 8.19. The van der Waals surface area contributed by atoms with Crippen LogP contribution in [0.1, 0.15) is 24.0 Å². The van der Waals surface area contributed by atoms with Gasteiger partial charge in [-0.15, -0.1) is 0 Å². The second-order valence-electron chi connectivity index (χ2n) is 4.70. The van der Waals surface area contributed by atoms with E-state index in [9.17, 15) is 4.79 Å². The third kappa shape index (κ3) is 3.71. The molecule has 0 aliphatic carbocycles. The smallest absolute Gasteiger partial charge is 0.222 e. The summed E-state index contributed by atoms with van der Waals surface area (Å²) < 4.78 is 0. The van der Waals surface area contributed by atoms with Crippen molar-refractivity contribution in [1.29, 1.82) is 0 Å². The minimum Gasteiger partial charge on any atom is -0.370 e. The number of carbonyl (C=O) groups excluding carboxylic acids is 1. The second kappa shape index (κ2) is 6.22. The lowest BCUT2D eigenvalue weighted by Crippen LogP contribution is -2.30. The van der Waals surface area contributed by atoms with E-state index in [1.165, 1.54) is 0 Å². The van der Waals surface area contributed by atoms with E-state index < -0.39 is 0 Å². The molecule has 5 heteroatoms. The molecule has 0 atom stereocenters. The number of hydrogen-bond acceptors (Lipinski definition) is 2. The number of nitrogens with two attached hydrogens (primary N) is 1. The molecule has 1 saturated heterocycles. The van der Waals surface area contributed by atoms with Crippen molar-refractivity contribution < 1.29 is 4.79 Å². The molecule has 102 valence electrons. The summed E-state index contributed by atoms with van der Waals surface area (Å²) in [7, 11) is 1.65. The highest BCUT2D eigenvalue weighted by atomic mass is 16.2. The van der Waals surface area contributed by atoms with E-state index in [2.05, 4.69) is 16.4 Å². The van der Waals surface area contributed by atoms with E-state index in [1.807, 2.05) is 23.1 Å². The van der Waals surface area contributed by atoms with Gasteiger partial charge >= 0.3 is 0 Å². The number of aliphatic imine (C=N–C) groups is 1. The minimum atomic E-state index is 0.255. The SMILES string of the molecule is CN=C(N)NCc1cccc(CN2CCCC2=O)c1. The van der Waals surface area contributed by atoms with E-state index in [-0.39, 0.29) is 5.91 Å². The van der Waals surface area contributed by atoms with Gasteiger partial charge in [0.05, 0.1) is 0 Å². The summed E-state index contributed by atoms with van der Waals surface area (Å²) >= 11 is 0. The van der Waals surface area contributed by atoms with Gasteiger partial charge in [-0.05, 0) is 17.5 Å². The number of likely N-dealkylation sites (tertiary alicyclic amines) is 1. The first-order chi connectivity index (χ1) is 9.19. The number of carbonyl (C=O) groups is 1. The minimum absolute atomic E-state index is 0.255. The Morgan fingerprint density at radius 3 is 2.95 bits per heavy atom. The van der Waals surface area contributed by atoms with Gasteiger partial charge in [-0.3, -0.25) is 9.79 Å². The van der Waals surface area contributed by atoms with Crippen molar-refractivity contribution in [2.45, 2.75) is 25.9 Å². The van der Waals surface area contributed by atoms with Crippen molar-refractivity contribution in [1.82, 2.24) is 10.2 Å². The molecule has 0 bridgehead atoms. The van der Waals surface area contributed by atoms with Gasteiger partial charge in [0.15, 0.2) is 5.96 Å². The zero-order chi connectivity index (χ0) is 13.7. The Morgan fingerprint density at radius 2 is 2.26 bits per heavy atom. The van der Waals surface area contributed by atoms with Crippen LogP contribution in [0.25, 0.3) is 0 Å². The molecule has 5 nitrogen and oxygen atoms in total. The monoisotopic (exact) mass is 260 g/mol. The molecule has 1 heterocycles. The number of nitrogens with zero attached hydrogens (tertiary/aromatic N) is 2. The number of rotatable bonds is 4. The Hall–Kier alpha value is -2.04. The van der Waals surface area contributed by atoms with Crippen LogP contribution in [0.2, 0.25) is 0 Å². The van der Waals surface area contributed by atoms with E-state index >= 15 is 0 Å². The lowest BCUT2D eigenvalue weighted by molar-refractivity contribution is -0.128. The van der Waals surface area contributed by atoms with Crippen molar-refractivity contribution >= 4 is 11.9 Å². The van der Waals surface area contributed by atoms with Gasteiger partial charge < -0.3 is 16.0 Å². The van der Waals surface area contributed by atoms with Crippen LogP contribution in [0.4, 0.5) is 0 Å². The zero-order valence-corrected chi connectivity index (χ0v) is 11.2. The van der Waals surface area contributed by atoms with Crippen molar-refractivity contribution in [3.8, 4) is 0 Å². The van der Waals surface area contributed by atoms with E-state index in [0.29, 0.717) is 25.5 Å². The highest BCUT2D eigenvalue weighted by Gasteiger charge is 2.19. The summed E-state index contributed by atoms with van der Waals surface area (Å²) in [6.07, 6.45) is 1.66. The highest BCUT2D eigenvalue weighted by Crippen LogP contribution is 2.15. The van der Waals surface area contributed by atoms with E-state index in [4.69, 9.17) is 5.73 Å². The molecule has 0 radical (unpaired) electrons. The van der Waals surface area contributed by atoms with Crippen LogP contribution in [0.15, 0.2) is 29.3 Å². The Kier molecular flexibility index (Phi) is 4.39. The van der Waals surface area contributed by atoms with Crippen molar-refractivity contribution in [3.63, 3.8) is 0 Å². The Balaban J connectivity index is 1.96. The molecule has 1 aliphatic rings. The van der Waals surface area contributed by atoms with Gasteiger partial charge in [0.25, 0.3) is 0 Å². The number of nitrogens with one attached hydrogen (secondary N) is 1. The van der Waals surface area contributed by atoms with E-state index in [0.717, 1.165) is 24.1 Å². The summed E-state index contributed by atoms with van der Waals surface area (Å²) in [5.74, 6) is 0.686. The first-order valence-corrected chi connectivity index (χ1v) is 6.51. The molecule has 19 heavy (non-hydrogen) atoms. The molecular weight excluding hydrogens is 240 g/mol. The molecule has 1 fully saturated rings. The quantitative estimate of drug-likeness (QED) is 0.622. The fourth-order valence-corrected chi connectivity index (χ4v) is 2.20. The van der Waals surface area contributed by atoms with E-state index in [1.54, 1.807) is 7.05 Å². The maximum Gasteiger partial charge on any atom is 0.222 e. The maximum atomic E-state index is 11.6. The van der Waals surface area contributed by atoms with Crippen molar-refractivity contribution in [3.05, 3.63) is 35.4 Å². The Bertz CT molecular complexity index is 484. The fraction of sp³-hybridized carbons (Fsp3) is 0.429. The summed E-state index contributed by atoms with van der Waals surface area (Å²) in [6.45, 7) is 2.21. The van der Waals surface area contributed by atoms with Gasteiger partial charge in [-0.2, -0.15) is 0 Å². The Labute approximate surface area is 113 Å². The predicted octanol–water partition coefficient (Wildman–Crippen LogP) is 0.843. The molecular formula is C14H20N4O. The molecule has 2 rings (SSSR count). The topological polar surface area (TPSA) is 70.7 Å². The van der Waals surface area contributed by atoms with Gasteiger partial charge in [-0.1, -0.05) is 24.3 Å². The molecule has 0 aromatic heterocycles. The van der Waals surface area contributed by atoms with Crippen LogP contribution in [0.3, 0.4) is 0 Å². The van der Waals surface area contributed by atoms with Crippen molar-refractivity contribution in [2.75, 3.05) is 13.6 Å². The Morgan fingerprint density at radius 1 is 1.47 bits per heavy atom. The summed E-state index contributed by atoms with van der Waals surface area (Å²) in [5, 5.41) is 3.03. The molecule has 0 unspecified atom stereocenters. The maximum absolute atomic E-state index is 11.6. The third-order valence-corrected chi connectivity index (χ3v) is 3.25. The average Bonchev–Trinajstić information content (AvgIpc) is 2.82. The third-order valence-electron chi connectivity index (χ3n) is 3.25. The largest absolute Gasteiger partial charge is 0.370 e. The first kappa shape index (κ1) is 13.4. The zero-order valence-electron chi connectivity index (χ0n) is 11.2. The molecule has 1 aliphatic heterocycles. The molecule has 0 spiro atoms. The van der Waals surface area contributed by atoms with Gasteiger partial charge in [0.1, 0.15) is 0 Å². The average molecular weight is 260 g/mol. The summed E-state index contributed by atoms with van der Waals surface area (Å²) in [5.41, 5.74) is 7.88. The lowest BCUT2D eigenvalue weighted by Gasteiger charge is -2.16. The van der Waals surface area contributed by atoms with Crippen LogP contribution < -0.4 is 11.1 Å². The second-order valence-corrected chi connectivity index (χ2v) is 4.70. The van der Waals surface area contributed by atoms with Gasteiger partial charge in [0, 0.05) is 33.1 Å². The van der Waals surface area contributed by atoms with Gasteiger partial charge in [-0.25, -0.2) is 0 Å². The van der Waals surface area contributed by atoms with Crippen LogP contribution in [0, 0.1) is 0 Å². The number of guanidine groups is 1. The fourth-order valence-electron chi connectivity index (χ4n) is 2.20. The molecule has 0 saturated carbocycles. The van der Waals surface area contributed by atoms with Crippen molar-refractivity contribution in [2.24, 2.45) is 10.7 Å². The number of benzene rings is 1. The molecule has 1 aromatic rings. The molecule has 1 aromatic carbocycles.